The predicted molar refractivity (Wildman–Crippen MR) is 156 cm³/mol. The molecular formula is C31H39N3O4S. The van der Waals surface area contributed by atoms with Crippen molar-refractivity contribution < 1.29 is 18.0 Å². The molecule has 0 aliphatic rings. The summed E-state index contributed by atoms with van der Waals surface area (Å²) in [4.78, 5) is 28.5. The first-order valence-electron chi connectivity index (χ1n) is 13.3. The van der Waals surface area contributed by atoms with Gasteiger partial charge in [-0.2, -0.15) is 0 Å². The van der Waals surface area contributed by atoms with E-state index in [-0.39, 0.29) is 17.3 Å². The quantitative estimate of drug-likeness (QED) is 0.317. The first kappa shape index (κ1) is 29.9. The highest BCUT2D eigenvalue weighted by atomic mass is 32.2. The molecule has 1 N–H and O–H groups in total. The van der Waals surface area contributed by atoms with Gasteiger partial charge in [0.1, 0.15) is 12.6 Å². The molecule has 2 amide bonds. The minimum Gasteiger partial charge on any atom is -0.354 e. The van der Waals surface area contributed by atoms with Crippen LogP contribution in [-0.2, 0) is 26.2 Å². The number of amides is 2. The van der Waals surface area contributed by atoms with Gasteiger partial charge in [-0.3, -0.25) is 13.9 Å². The standard InChI is InChI=1S/C31H39N3O4S/c1-6-7-19-32-31(36)26(5)33(21-27-10-8-9-25(4)20-27)30(35)22-34(28-15-11-23(2)12-16-28)39(37,38)29-17-13-24(3)14-18-29/h8-18,20,26H,6-7,19,21-22H2,1-5H3,(H,32,36)/t26-/m1/s1. The lowest BCUT2D eigenvalue weighted by Gasteiger charge is -2.32. The number of hydrogen-bond donors (Lipinski definition) is 1. The molecule has 1 atom stereocenters. The van der Waals surface area contributed by atoms with Gasteiger partial charge in [0.05, 0.1) is 10.6 Å². The van der Waals surface area contributed by atoms with Gasteiger partial charge in [-0.05, 0) is 63.9 Å². The van der Waals surface area contributed by atoms with Crippen LogP contribution in [0.25, 0.3) is 0 Å². The molecule has 0 bridgehead atoms. The molecule has 3 aromatic rings. The fraction of sp³-hybridized carbons (Fsp3) is 0.355. The summed E-state index contributed by atoms with van der Waals surface area (Å²) in [7, 11) is -4.07. The smallest absolute Gasteiger partial charge is 0.264 e. The summed E-state index contributed by atoms with van der Waals surface area (Å²) in [6.07, 6.45) is 1.77. The van der Waals surface area contributed by atoms with Crippen LogP contribution in [0.15, 0.2) is 77.7 Å². The van der Waals surface area contributed by atoms with Crippen molar-refractivity contribution in [2.24, 2.45) is 0 Å². The van der Waals surface area contributed by atoms with E-state index in [1.165, 1.54) is 4.90 Å². The van der Waals surface area contributed by atoms with Gasteiger partial charge in [0, 0.05) is 13.1 Å². The van der Waals surface area contributed by atoms with Gasteiger partial charge in [0.15, 0.2) is 0 Å². The van der Waals surface area contributed by atoms with Crippen LogP contribution in [-0.4, -0.2) is 44.3 Å². The van der Waals surface area contributed by atoms with E-state index in [4.69, 9.17) is 0 Å². The summed E-state index contributed by atoms with van der Waals surface area (Å²) >= 11 is 0. The number of nitrogens with one attached hydrogen (secondary N) is 1. The van der Waals surface area contributed by atoms with Crippen LogP contribution in [0.5, 0.6) is 0 Å². The molecule has 0 aliphatic carbocycles. The highest BCUT2D eigenvalue weighted by Gasteiger charge is 2.32. The van der Waals surface area contributed by atoms with Crippen molar-refractivity contribution in [2.45, 2.75) is 64.9 Å². The first-order chi connectivity index (χ1) is 18.5. The van der Waals surface area contributed by atoms with E-state index in [9.17, 15) is 18.0 Å². The van der Waals surface area contributed by atoms with Crippen molar-refractivity contribution >= 4 is 27.5 Å². The van der Waals surface area contributed by atoms with Crippen LogP contribution >= 0.6 is 0 Å². The van der Waals surface area contributed by atoms with Crippen molar-refractivity contribution in [1.82, 2.24) is 10.2 Å². The van der Waals surface area contributed by atoms with Gasteiger partial charge in [-0.25, -0.2) is 8.42 Å². The molecule has 0 aliphatic heterocycles. The molecule has 8 heteroatoms. The van der Waals surface area contributed by atoms with Crippen LogP contribution in [0.2, 0.25) is 0 Å². The van der Waals surface area contributed by atoms with E-state index in [2.05, 4.69) is 5.32 Å². The van der Waals surface area contributed by atoms with E-state index >= 15 is 0 Å². The highest BCUT2D eigenvalue weighted by Crippen LogP contribution is 2.25. The predicted octanol–water partition coefficient (Wildman–Crippen LogP) is 5.14. The second-order valence-electron chi connectivity index (χ2n) is 9.99. The van der Waals surface area contributed by atoms with E-state index in [0.717, 1.165) is 39.4 Å². The average molecular weight is 550 g/mol. The molecule has 0 saturated heterocycles. The number of sulfonamides is 1. The number of benzene rings is 3. The van der Waals surface area contributed by atoms with Gasteiger partial charge in [0.25, 0.3) is 10.0 Å². The van der Waals surface area contributed by atoms with Crippen LogP contribution in [0, 0.1) is 20.8 Å². The molecular weight excluding hydrogens is 510 g/mol. The fourth-order valence-electron chi connectivity index (χ4n) is 4.20. The Balaban J connectivity index is 1.99. The Bertz CT molecular complexity index is 1370. The van der Waals surface area contributed by atoms with Crippen LogP contribution in [0.4, 0.5) is 5.69 Å². The second kappa shape index (κ2) is 13.4. The number of carbonyl (C=O) groups excluding carboxylic acids is 2. The van der Waals surface area contributed by atoms with E-state index in [0.29, 0.717) is 12.2 Å². The lowest BCUT2D eigenvalue weighted by Crippen LogP contribution is -2.51. The summed E-state index contributed by atoms with van der Waals surface area (Å²) in [5, 5.41) is 2.90. The highest BCUT2D eigenvalue weighted by molar-refractivity contribution is 7.92. The summed E-state index contributed by atoms with van der Waals surface area (Å²) in [6.45, 7) is 9.72. The Kier molecular flexibility index (Phi) is 10.3. The number of aryl methyl sites for hydroxylation is 3. The maximum atomic E-state index is 13.9. The van der Waals surface area contributed by atoms with Gasteiger partial charge in [0.2, 0.25) is 11.8 Å². The monoisotopic (exact) mass is 549 g/mol. The lowest BCUT2D eigenvalue weighted by molar-refractivity contribution is -0.139. The zero-order chi connectivity index (χ0) is 28.6. The van der Waals surface area contributed by atoms with Gasteiger partial charge in [-0.1, -0.05) is 78.6 Å². The third-order valence-electron chi connectivity index (χ3n) is 6.64. The zero-order valence-electron chi connectivity index (χ0n) is 23.5. The van der Waals surface area contributed by atoms with Crippen LogP contribution in [0.1, 0.15) is 48.9 Å². The van der Waals surface area contributed by atoms with Crippen molar-refractivity contribution in [1.29, 1.82) is 0 Å². The first-order valence-corrected chi connectivity index (χ1v) is 14.8. The summed E-state index contributed by atoms with van der Waals surface area (Å²) in [5.74, 6) is -0.737. The molecule has 7 nitrogen and oxygen atoms in total. The Hall–Kier alpha value is -3.65. The molecule has 0 heterocycles. The Labute approximate surface area is 232 Å². The van der Waals surface area contributed by atoms with E-state index in [1.807, 2.05) is 64.1 Å². The van der Waals surface area contributed by atoms with Gasteiger partial charge in [-0.15, -0.1) is 0 Å². The van der Waals surface area contributed by atoms with Crippen molar-refractivity contribution in [3.63, 3.8) is 0 Å². The van der Waals surface area contributed by atoms with E-state index < -0.39 is 28.5 Å². The van der Waals surface area contributed by atoms with Gasteiger partial charge >= 0.3 is 0 Å². The SMILES string of the molecule is CCCCNC(=O)[C@@H](C)N(Cc1cccc(C)c1)C(=O)CN(c1ccc(C)cc1)S(=O)(=O)c1ccc(C)cc1. The van der Waals surface area contributed by atoms with Crippen LogP contribution in [0.3, 0.4) is 0 Å². The molecule has 0 unspecified atom stereocenters. The summed E-state index contributed by atoms with van der Waals surface area (Å²) in [5.41, 5.74) is 4.17. The molecule has 208 valence electrons. The lowest BCUT2D eigenvalue weighted by atomic mass is 10.1. The maximum absolute atomic E-state index is 13.9. The number of nitrogens with zero attached hydrogens (tertiary/aromatic N) is 2. The van der Waals surface area contributed by atoms with Crippen LogP contribution < -0.4 is 9.62 Å². The Morgan fingerprint density at radius 2 is 1.49 bits per heavy atom. The third kappa shape index (κ3) is 7.93. The molecule has 3 rings (SSSR count). The molecule has 0 saturated carbocycles. The number of rotatable bonds is 12. The minimum absolute atomic E-state index is 0.0945. The van der Waals surface area contributed by atoms with Gasteiger partial charge < -0.3 is 10.2 Å². The largest absolute Gasteiger partial charge is 0.354 e. The number of anilines is 1. The zero-order valence-corrected chi connectivity index (χ0v) is 24.3. The maximum Gasteiger partial charge on any atom is 0.264 e. The molecule has 39 heavy (non-hydrogen) atoms. The molecule has 0 spiro atoms. The fourth-order valence-corrected chi connectivity index (χ4v) is 5.62. The molecule has 0 aromatic heterocycles. The molecule has 0 fully saturated rings. The second-order valence-corrected chi connectivity index (χ2v) is 11.9. The van der Waals surface area contributed by atoms with Crippen molar-refractivity contribution in [3.05, 3.63) is 95.1 Å². The normalized spacial score (nSPS) is 12.0. The van der Waals surface area contributed by atoms with E-state index in [1.54, 1.807) is 43.3 Å². The number of carbonyl (C=O) groups is 2. The summed E-state index contributed by atoms with van der Waals surface area (Å²) < 4.78 is 28.8. The Morgan fingerprint density at radius 1 is 0.872 bits per heavy atom. The third-order valence-corrected chi connectivity index (χ3v) is 8.43. The summed E-state index contributed by atoms with van der Waals surface area (Å²) in [6, 6.07) is 20.5. The average Bonchev–Trinajstić information content (AvgIpc) is 2.90. The Morgan fingerprint density at radius 3 is 2.08 bits per heavy atom. The number of hydrogen-bond acceptors (Lipinski definition) is 4. The molecule has 3 aromatic carbocycles. The molecule has 0 radical (unpaired) electrons. The van der Waals surface area contributed by atoms with Crippen molar-refractivity contribution in [3.8, 4) is 0 Å². The minimum atomic E-state index is -4.07. The number of unbranched alkanes of at least 4 members (excludes halogenated alkanes) is 1. The van der Waals surface area contributed by atoms with Crippen molar-refractivity contribution in [2.75, 3.05) is 17.4 Å². The topological polar surface area (TPSA) is 86.8 Å².